The van der Waals surface area contributed by atoms with Crippen LogP contribution in [0.1, 0.15) is 38.2 Å². The van der Waals surface area contributed by atoms with Gasteiger partial charge in [0.25, 0.3) is 0 Å². The summed E-state index contributed by atoms with van der Waals surface area (Å²) in [7, 11) is 1.66. The number of benzene rings is 1. The Kier molecular flexibility index (Phi) is 3.36. The van der Waals surface area contributed by atoms with Crippen molar-refractivity contribution in [3.63, 3.8) is 0 Å². The zero-order valence-corrected chi connectivity index (χ0v) is 10.5. The Morgan fingerprint density at radius 3 is 2.47 bits per heavy atom. The highest BCUT2D eigenvalue weighted by molar-refractivity contribution is 5.77. The van der Waals surface area contributed by atoms with Crippen molar-refractivity contribution in [2.24, 2.45) is 0 Å². The molecule has 1 fully saturated rings. The highest BCUT2D eigenvalue weighted by atomic mass is 16.5. The van der Waals surface area contributed by atoms with Gasteiger partial charge >= 0.3 is 0 Å². The number of ether oxygens (including phenoxy) is 1. The Balaban J connectivity index is 2.07. The minimum atomic E-state index is -0.0987. The number of nitrogens with one attached hydrogen (secondary N) is 1. The monoisotopic (exact) mass is 233 g/mol. The molecule has 3 nitrogen and oxygen atoms in total. The third kappa shape index (κ3) is 2.60. The van der Waals surface area contributed by atoms with Crippen LogP contribution in [0.15, 0.2) is 24.3 Å². The summed E-state index contributed by atoms with van der Waals surface area (Å²) in [6.45, 7) is 2.02. The molecule has 1 amide bonds. The van der Waals surface area contributed by atoms with E-state index in [2.05, 4.69) is 5.32 Å². The molecular formula is C14H19NO2. The van der Waals surface area contributed by atoms with Gasteiger partial charge in [-0.3, -0.25) is 4.79 Å². The first-order chi connectivity index (χ1) is 8.20. The van der Waals surface area contributed by atoms with Crippen LogP contribution in [0.2, 0.25) is 0 Å². The van der Waals surface area contributed by atoms with Gasteiger partial charge in [0.05, 0.1) is 12.6 Å². The third-order valence-electron chi connectivity index (χ3n) is 3.25. The van der Waals surface area contributed by atoms with Crippen LogP contribution >= 0.6 is 0 Å². The molecule has 3 heteroatoms. The molecule has 1 aromatic rings. The molecule has 1 aromatic carbocycles. The molecule has 0 aliphatic heterocycles. The third-order valence-corrected chi connectivity index (χ3v) is 3.25. The van der Waals surface area contributed by atoms with Gasteiger partial charge in [0.15, 0.2) is 0 Å². The summed E-state index contributed by atoms with van der Waals surface area (Å²) >= 11 is 0. The Morgan fingerprint density at radius 2 is 2.00 bits per heavy atom. The fourth-order valence-electron chi connectivity index (χ4n) is 2.08. The fourth-order valence-corrected chi connectivity index (χ4v) is 2.08. The second-order valence-corrected chi connectivity index (χ2v) is 4.61. The number of methoxy groups -OCH3 is 1. The molecule has 0 saturated heterocycles. The van der Waals surface area contributed by atoms with E-state index in [-0.39, 0.29) is 11.4 Å². The minimum Gasteiger partial charge on any atom is -0.497 e. The van der Waals surface area contributed by atoms with Crippen molar-refractivity contribution in [3.8, 4) is 5.75 Å². The first kappa shape index (κ1) is 12.0. The Bertz CT molecular complexity index is 393. The van der Waals surface area contributed by atoms with Crippen molar-refractivity contribution in [3.05, 3.63) is 29.8 Å². The van der Waals surface area contributed by atoms with Crippen molar-refractivity contribution < 1.29 is 9.53 Å². The average Bonchev–Trinajstić information content (AvgIpc) is 3.10. The Hall–Kier alpha value is -1.51. The molecule has 1 N–H and O–H groups in total. The van der Waals surface area contributed by atoms with Crippen LogP contribution in [-0.2, 0) is 10.3 Å². The van der Waals surface area contributed by atoms with Gasteiger partial charge < -0.3 is 10.1 Å². The van der Waals surface area contributed by atoms with Gasteiger partial charge in [0, 0.05) is 6.42 Å². The lowest BCUT2D eigenvalue weighted by Crippen LogP contribution is -2.34. The first-order valence-corrected chi connectivity index (χ1v) is 6.16. The summed E-state index contributed by atoms with van der Waals surface area (Å²) in [5, 5.41) is 3.14. The van der Waals surface area contributed by atoms with Gasteiger partial charge in [-0.1, -0.05) is 19.1 Å². The van der Waals surface area contributed by atoms with Crippen molar-refractivity contribution in [1.82, 2.24) is 5.32 Å². The number of rotatable bonds is 5. The van der Waals surface area contributed by atoms with Crippen molar-refractivity contribution in [1.29, 1.82) is 0 Å². The van der Waals surface area contributed by atoms with E-state index in [1.165, 1.54) is 5.56 Å². The topological polar surface area (TPSA) is 38.3 Å². The van der Waals surface area contributed by atoms with Crippen LogP contribution < -0.4 is 10.1 Å². The molecule has 0 heterocycles. The summed E-state index contributed by atoms with van der Waals surface area (Å²) in [6, 6.07) is 7.97. The number of carbonyl (C=O) groups is 1. The highest BCUT2D eigenvalue weighted by Crippen LogP contribution is 2.45. The van der Waals surface area contributed by atoms with Crippen LogP contribution in [0, 0.1) is 0 Å². The molecule has 0 radical (unpaired) electrons. The lowest BCUT2D eigenvalue weighted by Gasteiger charge is -2.18. The summed E-state index contributed by atoms with van der Waals surface area (Å²) in [4.78, 5) is 11.7. The van der Waals surface area contributed by atoms with Crippen molar-refractivity contribution in [2.45, 2.75) is 38.1 Å². The molecule has 1 aliphatic carbocycles. The van der Waals surface area contributed by atoms with Gasteiger partial charge in [-0.15, -0.1) is 0 Å². The van der Waals surface area contributed by atoms with E-state index < -0.39 is 0 Å². The van der Waals surface area contributed by atoms with E-state index in [1.54, 1.807) is 7.11 Å². The maximum atomic E-state index is 11.7. The molecule has 0 atom stereocenters. The standard InChI is InChI=1S/C14H19NO2/c1-3-4-13(16)15-14(9-10-14)11-5-7-12(17-2)8-6-11/h5-8H,3-4,9-10H2,1-2H3,(H,15,16). The molecule has 0 spiro atoms. The van der Waals surface area contributed by atoms with Gasteiger partial charge in [0.2, 0.25) is 5.91 Å². The predicted octanol–water partition coefficient (Wildman–Crippen LogP) is 2.60. The summed E-state index contributed by atoms with van der Waals surface area (Å²) < 4.78 is 5.13. The van der Waals surface area contributed by atoms with Crippen molar-refractivity contribution >= 4 is 5.91 Å². The molecule has 2 rings (SSSR count). The van der Waals surface area contributed by atoms with E-state index in [0.29, 0.717) is 6.42 Å². The maximum Gasteiger partial charge on any atom is 0.220 e. The van der Waals surface area contributed by atoms with E-state index >= 15 is 0 Å². The summed E-state index contributed by atoms with van der Waals surface area (Å²) in [5.74, 6) is 1.00. The maximum absolute atomic E-state index is 11.7. The van der Waals surface area contributed by atoms with Crippen LogP contribution in [-0.4, -0.2) is 13.0 Å². The molecule has 0 unspecified atom stereocenters. The normalized spacial score (nSPS) is 16.4. The average molecular weight is 233 g/mol. The number of hydrogen-bond donors (Lipinski definition) is 1. The number of amides is 1. The van der Waals surface area contributed by atoms with E-state index in [1.807, 2.05) is 31.2 Å². The molecule has 0 bridgehead atoms. The number of hydrogen-bond acceptors (Lipinski definition) is 2. The van der Waals surface area contributed by atoms with Gasteiger partial charge in [-0.25, -0.2) is 0 Å². The van der Waals surface area contributed by atoms with Gasteiger partial charge in [-0.05, 0) is 37.0 Å². The predicted molar refractivity (Wildman–Crippen MR) is 67.0 cm³/mol. The second-order valence-electron chi connectivity index (χ2n) is 4.61. The summed E-state index contributed by atoms with van der Waals surface area (Å²) in [6.07, 6.45) is 3.58. The second kappa shape index (κ2) is 4.78. The van der Waals surface area contributed by atoms with E-state index in [4.69, 9.17) is 4.74 Å². The summed E-state index contributed by atoms with van der Waals surface area (Å²) in [5.41, 5.74) is 1.08. The molecule has 1 saturated carbocycles. The zero-order valence-electron chi connectivity index (χ0n) is 10.5. The van der Waals surface area contributed by atoms with Crippen molar-refractivity contribution in [2.75, 3.05) is 7.11 Å². The molecule has 0 aromatic heterocycles. The first-order valence-electron chi connectivity index (χ1n) is 6.16. The van der Waals surface area contributed by atoms with Crippen LogP contribution in [0.5, 0.6) is 5.75 Å². The highest BCUT2D eigenvalue weighted by Gasteiger charge is 2.45. The van der Waals surface area contributed by atoms with Crippen LogP contribution in [0.25, 0.3) is 0 Å². The molecule has 1 aliphatic rings. The van der Waals surface area contributed by atoms with Gasteiger partial charge in [-0.2, -0.15) is 0 Å². The SMILES string of the molecule is CCCC(=O)NC1(c2ccc(OC)cc2)CC1. The Morgan fingerprint density at radius 1 is 1.35 bits per heavy atom. The molecule has 92 valence electrons. The lowest BCUT2D eigenvalue weighted by molar-refractivity contribution is -0.122. The molecule has 17 heavy (non-hydrogen) atoms. The quantitative estimate of drug-likeness (QED) is 0.849. The largest absolute Gasteiger partial charge is 0.497 e. The van der Waals surface area contributed by atoms with E-state index in [0.717, 1.165) is 25.0 Å². The van der Waals surface area contributed by atoms with Crippen LogP contribution in [0.4, 0.5) is 0 Å². The van der Waals surface area contributed by atoms with Crippen LogP contribution in [0.3, 0.4) is 0 Å². The Labute approximate surface area is 102 Å². The molecular weight excluding hydrogens is 214 g/mol. The zero-order chi connectivity index (χ0) is 12.3. The lowest BCUT2D eigenvalue weighted by atomic mass is 10.0. The fraction of sp³-hybridized carbons (Fsp3) is 0.500. The minimum absolute atomic E-state index is 0.0987. The van der Waals surface area contributed by atoms with Gasteiger partial charge in [0.1, 0.15) is 5.75 Å². The van der Waals surface area contributed by atoms with E-state index in [9.17, 15) is 4.79 Å². The smallest absolute Gasteiger partial charge is 0.220 e. The number of carbonyl (C=O) groups excluding carboxylic acids is 1.